The molecule has 0 radical (unpaired) electrons. The predicted molar refractivity (Wildman–Crippen MR) is 194 cm³/mol. The van der Waals surface area contributed by atoms with E-state index in [9.17, 15) is 14.7 Å². The number of carboxylic acid groups (broad SMARTS) is 1. The van der Waals surface area contributed by atoms with Gasteiger partial charge in [0.1, 0.15) is 11.4 Å². The van der Waals surface area contributed by atoms with E-state index in [4.69, 9.17) is 14.8 Å². The van der Waals surface area contributed by atoms with Crippen LogP contribution in [0.4, 0.5) is 4.39 Å². The maximum atomic E-state index is 15.7. The highest BCUT2D eigenvalue weighted by Gasteiger charge is 2.36. The molecule has 0 aliphatic carbocycles. The Morgan fingerprint density at radius 1 is 1.08 bits per heavy atom. The van der Waals surface area contributed by atoms with Crippen molar-refractivity contribution in [2.45, 2.75) is 78.6 Å². The number of benzene rings is 2. The number of ether oxygens (including phenoxy) is 1. The Balaban J connectivity index is 1.46. The van der Waals surface area contributed by atoms with Crippen LogP contribution in [0.5, 0.6) is 11.5 Å². The van der Waals surface area contributed by atoms with Crippen LogP contribution in [-0.4, -0.2) is 60.2 Å². The average Bonchev–Trinajstić information content (AvgIpc) is 3.70. The fourth-order valence-electron chi connectivity index (χ4n) is 7.29. The summed E-state index contributed by atoms with van der Waals surface area (Å²) in [5, 5.41) is 15.6. The zero-order valence-corrected chi connectivity index (χ0v) is 30.5. The molecule has 0 fully saturated rings. The molecule has 0 unspecified atom stereocenters. The predicted octanol–water partition coefficient (Wildman–Crippen LogP) is 7.85. The molecule has 2 aromatic carbocycles. The Kier molecular flexibility index (Phi) is 9.52. The number of rotatable bonds is 4. The van der Waals surface area contributed by atoms with Crippen LogP contribution in [-0.2, 0) is 34.9 Å². The minimum Gasteiger partial charge on any atom is -0.481 e. The number of carbonyl (C=O) groups is 2. The lowest BCUT2D eigenvalue weighted by Crippen LogP contribution is -2.36. The number of halogens is 1. The second kappa shape index (κ2) is 13.6. The number of nitrogens with zero attached hydrogens (tertiary/aromatic N) is 5. The average molecular weight is 695 g/mol. The number of hydrogen-bond acceptors (Lipinski definition) is 6. The van der Waals surface area contributed by atoms with Crippen molar-refractivity contribution in [2.24, 2.45) is 17.9 Å². The van der Waals surface area contributed by atoms with Crippen molar-refractivity contribution in [3.05, 3.63) is 89.3 Å². The molecule has 3 aromatic heterocycles. The van der Waals surface area contributed by atoms with Gasteiger partial charge in [-0.05, 0) is 75.1 Å². The molecule has 2 N–H and O–H groups in total. The van der Waals surface area contributed by atoms with E-state index in [0.717, 1.165) is 29.4 Å². The fourth-order valence-corrected chi connectivity index (χ4v) is 7.29. The lowest BCUT2D eigenvalue weighted by molar-refractivity contribution is -0.146. The van der Waals surface area contributed by atoms with Gasteiger partial charge in [0.2, 0.25) is 5.91 Å². The van der Waals surface area contributed by atoms with Gasteiger partial charge < -0.3 is 19.7 Å². The van der Waals surface area contributed by atoms with E-state index in [2.05, 4.69) is 42.9 Å². The third kappa shape index (κ3) is 7.38. The molecule has 268 valence electrons. The number of carbonyl (C=O) groups excluding carboxylic acids is 1. The number of nitrogens with one attached hydrogen (secondary N) is 1. The van der Waals surface area contributed by atoms with E-state index in [1.54, 1.807) is 48.0 Å². The number of pyridine rings is 1. The van der Waals surface area contributed by atoms with Crippen molar-refractivity contribution in [2.75, 3.05) is 13.6 Å². The van der Waals surface area contributed by atoms with E-state index < -0.39 is 22.6 Å². The molecule has 0 spiro atoms. The van der Waals surface area contributed by atoms with Crippen LogP contribution < -0.4 is 4.74 Å². The standard InChI is InChI=1S/C40H47FN6O4/c1-38(2)16-9-17-40(5,26-11-8-10-25(20-26)23-39(3,4)37(49)50)36-44-35(47(7)45-36)32-21-27(14-18-43-32)51-34-29(12-13-33(48)46(6)24-38)28-15-19-42-31(28)22-30(34)41/h8,10-11,14-15,18-22,42H,9,12-13,16-17,23-24H2,1-7H3,(H,49,50)/t40-/m1/s1. The summed E-state index contributed by atoms with van der Waals surface area (Å²) in [6.07, 6.45) is 6.59. The van der Waals surface area contributed by atoms with Crippen molar-refractivity contribution >= 4 is 22.8 Å². The third-order valence-corrected chi connectivity index (χ3v) is 10.3. The summed E-state index contributed by atoms with van der Waals surface area (Å²) in [6, 6.07) is 14.7. The van der Waals surface area contributed by atoms with Gasteiger partial charge in [-0.1, -0.05) is 44.5 Å². The van der Waals surface area contributed by atoms with E-state index in [-0.39, 0.29) is 23.5 Å². The minimum absolute atomic E-state index is 0.0260. The van der Waals surface area contributed by atoms with Crippen molar-refractivity contribution in [3.63, 3.8) is 0 Å². The van der Waals surface area contributed by atoms with Gasteiger partial charge in [0, 0.05) is 68.1 Å². The molecule has 0 saturated carbocycles. The van der Waals surface area contributed by atoms with E-state index in [1.807, 2.05) is 32.3 Å². The number of aromatic amines is 1. The highest BCUT2D eigenvalue weighted by Crippen LogP contribution is 2.40. The molecule has 4 heterocycles. The largest absolute Gasteiger partial charge is 0.481 e. The minimum atomic E-state index is -0.934. The van der Waals surface area contributed by atoms with Crippen LogP contribution >= 0.6 is 0 Å². The maximum absolute atomic E-state index is 15.7. The number of amides is 1. The molecule has 1 aliphatic heterocycles. The number of aromatic nitrogens is 5. The van der Waals surface area contributed by atoms with Gasteiger partial charge in [-0.15, -0.1) is 0 Å². The normalized spacial score (nSPS) is 18.7. The summed E-state index contributed by atoms with van der Waals surface area (Å²) in [4.78, 5) is 40.1. The molecular formula is C40H47FN6O4. The number of carboxylic acids is 1. The zero-order valence-electron chi connectivity index (χ0n) is 30.5. The molecule has 1 aliphatic rings. The Bertz CT molecular complexity index is 2100. The Morgan fingerprint density at radius 2 is 1.86 bits per heavy atom. The van der Waals surface area contributed by atoms with Crippen molar-refractivity contribution < 1.29 is 23.8 Å². The van der Waals surface area contributed by atoms with Gasteiger partial charge in [-0.2, -0.15) is 5.10 Å². The van der Waals surface area contributed by atoms with Crippen molar-refractivity contribution in [1.29, 1.82) is 0 Å². The van der Waals surface area contributed by atoms with Crippen LogP contribution in [0, 0.1) is 16.6 Å². The summed E-state index contributed by atoms with van der Waals surface area (Å²) in [5.41, 5.74) is 1.90. The molecule has 51 heavy (non-hydrogen) atoms. The summed E-state index contributed by atoms with van der Waals surface area (Å²) in [7, 11) is 3.65. The number of aliphatic carboxylic acids is 1. The van der Waals surface area contributed by atoms with E-state index in [1.165, 1.54) is 6.07 Å². The van der Waals surface area contributed by atoms with Crippen LogP contribution in [0.2, 0.25) is 0 Å². The van der Waals surface area contributed by atoms with Crippen molar-refractivity contribution in [3.8, 4) is 23.0 Å². The molecule has 1 atom stereocenters. The molecule has 4 bridgehead atoms. The first-order valence-corrected chi connectivity index (χ1v) is 17.5. The molecule has 1 amide bonds. The lowest BCUT2D eigenvalue weighted by atomic mass is 9.74. The monoisotopic (exact) mass is 694 g/mol. The van der Waals surface area contributed by atoms with E-state index >= 15 is 4.39 Å². The highest BCUT2D eigenvalue weighted by molar-refractivity contribution is 5.86. The van der Waals surface area contributed by atoms with Gasteiger partial charge in [0.15, 0.2) is 23.2 Å². The fraction of sp³-hybridized carbons (Fsp3) is 0.425. The van der Waals surface area contributed by atoms with E-state index in [0.29, 0.717) is 60.0 Å². The quantitative estimate of drug-likeness (QED) is 0.196. The zero-order chi connectivity index (χ0) is 36.7. The topological polar surface area (TPSA) is 126 Å². The SMILES string of the molecule is CN1CC(C)(C)CCC[C@](C)(c2cccc(CC(C)(C)C(=O)O)c2)c2nc(n(C)n2)-c2cc(ccn2)Oc2c(F)cc3[nH]ccc3c2CCC1=O. The maximum Gasteiger partial charge on any atom is 0.309 e. The first-order valence-electron chi connectivity index (χ1n) is 17.5. The Morgan fingerprint density at radius 3 is 2.63 bits per heavy atom. The number of fused-ring (bicyclic) bond motifs is 8. The second-order valence-corrected chi connectivity index (χ2v) is 15.6. The first kappa shape index (κ1) is 35.8. The molecule has 0 saturated heterocycles. The molecule has 5 aromatic rings. The number of hydrogen-bond donors (Lipinski definition) is 2. The van der Waals surface area contributed by atoms with Crippen LogP contribution in [0.25, 0.3) is 22.4 Å². The van der Waals surface area contributed by atoms with Gasteiger partial charge in [0.05, 0.1) is 10.8 Å². The second-order valence-electron chi connectivity index (χ2n) is 15.6. The first-order chi connectivity index (χ1) is 24.1. The summed E-state index contributed by atoms with van der Waals surface area (Å²) in [6.45, 7) is 10.5. The van der Waals surface area contributed by atoms with Gasteiger partial charge in [-0.25, -0.2) is 14.1 Å². The lowest BCUT2D eigenvalue weighted by Gasteiger charge is -2.33. The van der Waals surface area contributed by atoms with Gasteiger partial charge in [0.25, 0.3) is 0 Å². The Hall–Kier alpha value is -5.06. The van der Waals surface area contributed by atoms with Crippen LogP contribution in [0.1, 0.15) is 82.8 Å². The Labute approximate surface area is 298 Å². The molecule has 6 rings (SSSR count). The van der Waals surface area contributed by atoms with Crippen LogP contribution in [0.15, 0.2) is 60.9 Å². The molecule has 10 nitrogen and oxygen atoms in total. The van der Waals surface area contributed by atoms with Gasteiger partial charge >= 0.3 is 5.97 Å². The summed E-state index contributed by atoms with van der Waals surface area (Å²) in [5.74, 6) is 0.174. The summed E-state index contributed by atoms with van der Waals surface area (Å²) >= 11 is 0. The number of H-pyrrole nitrogens is 1. The van der Waals surface area contributed by atoms with Crippen LogP contribution in [0.3, 0.4) is 0 Å². The van der Waals surface area contributed by atoms with Gasteiger partial charge in [-0.3, -0.25) is 14.6 Å². The highest BCUT2D eigenvalue weighted by atomic mass is 19.1. The smallest absolute Gasteiger partial charge is 0.309 e. The van der Waals surface area contributed by atoms with Crippen molar-refractivity contribution in [1.82, 2.24) is 29.6 Å². The third-order valence-electron chi connectivity index (χ3n) is 10.3. The molecule has 11 heteroatoms. The molecular weight excluding hydrogens is 647 g/mol. The summed E-state index contributed by atoms with van der Waals surface area (Å²) < 4.78 is 23.7. The number of aryl methyl sites for hydroxylation is 2.